The molecule has 208 valence electrons. The summed E-state index contributed by atoms with van der Waals surface area (Å²) in [4.78, 5) is 20.5. The summed E-state index contributed by atoms with van der Waals surface area (Å²) >= 11 is 0. The third kappa shape index (κ3) is 6.56. The molecule has 0 aliphatic heterocycles. The maximum absolute atomic E-state index is 11.9. The van der Waals surface area contributed by atoms with Crippen molar-refractivity contribution in [3.8, 4) is 23.3 Å². The van der Waals surface area contributed by atoms with Crippen molar-refractivity contribution in [3.05, 3.63) is 84.3 Å². The Hall–Kier alpha value is -4.47. The molecule has 0 saturated heterocycles. The van der Waals surface area contributed by atoms with Gasteiger partial charge < -0.3 is 19.5 Å². The van der Waals surface area contributed by atoms with Gasteiger partial charge >= 0.3 is 6.09 Å². The topological polar surface area (TPSA) is 113 Å². The molecule has 2 heterocycles. The number of amides is 1. The van der Waals surface area contributed by atoms with Crippen LogP contribution in [0.5, 0.6) is 17.4 Å². The highest BCUT2D eigenvalue weighted by Gasteiger charge is 2.33. The zero-order valence-electron chi connectivity index (χ0n) is 23.4. The fraction of sp³-hybridized carbons (Fsp3) is 0.367. The third-order valence-electron chi connectivity index (χ3n) is 6.74. The highest BCUT2D eigenvalue weighted by Crippen LogP contribution is 2.35. The van der Waals surface area contributed by atoms with Gasteiger partial charge in [0, 0.05) is 36.6 Å². The Morgan fingerprint density at radius 3 is 2.15 bits per heavy atom. The second-order valence-electron chi connectivity index (χ2n) is 11.4. The fourth-order valence-electron chi connectivity index (χ4n) is 4.44. The zero-order chi connectivity index (χ0) is 28.3. The first-order chi connectivity index (χ1) is 19.0. The number of rotatable bonds is 8. The summed E-state index contributed by atoms with van der Waals surface area (Å²) in [5, 5.41) is 10.6. The van der Waals surface area contributed by atoms with E-state index in [2.05, 4.69) is 63.7 Å². The van der Waals surface area contributed by atoms with Crippen LogP contribution < -0.4 is 14.8 Å². The number of hydrogen-bond acceptors (Lipinski definition) is 8. The van der Waals surface area contributed by atoms with Crippen molar-refractivity contribution in [1.29, 1.82) is 0 Å². The summed E-state index contributed by atoms with van der Waals surface area (Å²) in [6.07, 6.45) is 6.07. The van der Waals surface area contributed by atoms with E-state index in [-0.39, 0.29) is 23.7 Å². The maximum atomic E-state index is 11.9. The molecular weight excluding hydrogens is 508 g/mol. The van der Waals surface area contributed by atoms with Crippen LogP contribution in [-0.2, 0) is 10.2 Å². The predicted octanol–water partition coefficient (Wildman–Crippen LogP) is 5.61. The Morgan fingerprint density at radius 1 is 0.900 bits per heavy atom. The molecule has 10 nitrogen and oxygen atoms in total. The minimum absolute atomic E-state index is 0.0773. The average Bonchev–Trinajstić information content (AvgIpc) is 3.42. The number of aromatic nitrogens is 5. The van der Waals surface area contributed by atoms with Crippen molar-refractivity contribution >= 4 is 6.09 Å². The molecule has 1 aliphatic carbocycles. The summed E-state index contributed by atoms with van der Waals surface area (Å²) in [6, 6.07) is 18.0. The minimum Gasteiger partial charge on any atom is -0.490 e. The van der Waals surface area contributed by atoms with Gasteiger partial charge in [0.25, 0.3) is 5.95 Å². The molecule has 0 atom stereocenters. The van der Waals surface area contributed by atoms with Crippen LogP contribution in [0.3, 0.4) is 0 Å². The monoisotopic (exact) mass is 542 g/mol. The van der Waals surface area contributed by atoms with Crippen molar-refractivity contribution in [2.75, 3.05) is 0 Å². The Kier molecular flexibility index (Phi) is 7.42. The average molecular weight is 543 g/mol. The van der Waals surface area contributed by atoms with Crippen LogP contribution in [-0.4, -0.2) is 48.8 Å². The van der Waals surface area contributed by atoms with E-state index in [0.29, 0.717) is 17.6 Å². The molecule has 1 N–H and O–H groups in total. The van der Waals surface area contributed by atoms with Crippen molar-refractivity contribution in [2.45, 2.75) is 70.6 Å². The number of carbonyl (C=O) groups is 1. The molecule has 40 heavy (non-hydrogen) atoms. The van der Waals surface area contributed by atoms with Crippen LogP contribution in [0, 0.1) is 0 Å². The SMILES string of the molecule is CC(C)(C)OC(=O)N[C@H]1C[C@H](Oc2ccc(C(C)(C)c3ccc(Oc4ccnc(-n5ccnn5)n4)cc3)cc2)C1. The smallest absolute Gasteiger partial charge is 0.407 e. The van der Waals surface area contributed by atoms with Gasteiger partial charge in [0.1, 0.15) is 23.2 Å². The van der Waals surface area contributed by atoms with Gasteiger partial charge in [-0.25, -0.2) is 9.78 Å². The Labute approximate surface area is 233 Å². The van der Waals surface area contributed by atoms with Gasteiger partial charge in [0.15, 0.2) is 0 Å². The van der Waals surface area contributed by atoms with E-state index in [1.807, 2.05) is 45.0 Å². The molecule has 1 amide bonds. The molecule has 1 saturated carbocycles. The standard InChI is InChI=1S/C30H34N6O4/c1-29(2,3)40-28(37)33-22-18-25(19-22)38-23-10-6-20(7-11-23)30(4,5)21-8-12-24(13-9-21)39-26-14-15-31-27(34-26)36-17-16-32-35-36/h6-17,22,25H,18-19H2,1-5H3,(H,33,37)/t22-,25-. The van der Waals surface area contributed by atoms with Gasteiger partial charge in [-0.15, -0.1) is 5.10 Å². The lowest BCUT2D eigenvalue weighted by Crippen LogP contribution is -2.50. The molecule has 0 radical (unpaired) electrons. The number of alkyl carbamates (subject to hydrolysis) is 1. The number of ether oxygens (including phenoxy) is 3. The summed E-state index contributed by atoms with van der Waals surface area (Å²) in [6.45, 7) is 9.94. The number of benzene rings is 2. The summed E-state index contributed by atoms with van der Waals surface area (Å²) in [7, 11) is 0. The first kappa shape index (κ1) is 27.1. The summed E-state index contributed by atoms with van der Waals surface area (Å²) in [5.74, 6) is 2.29. The van der Waals surface area contributed by atoms with Crippen LogP contribution in [0.4, 0.5) is 4.79 Å². The van der Waals surface area contributed by atoms with E-state index in [9.17, 15) is 4.79 Å². The highest BCUT2D eigenvalue weighted by atomic mass is 16.6. The predicted molar refractivity (Wildman–Crippen MR) is 149 cm³/mol. The lowest BCUT2D eigenvalue weighted by Gasteiger charge is -2.36. The molecular formula is C30H34N6O4. The van der Waals surface area contributed by atoms with E-state index in [1.54, 1.807) is 24.7 Å². The molecule has 0 unspecified atom stereocenters. The van der Waals surface area contributed by atoms with E-state index in [1.165, 1.54) is 10.2 Å². The molecule has 4 aromatic rings. The van der Waals surface area contributed by atoms with E-state index in [4.69, 9.17) is 14.2 Å². The first-order valence-electron chi connectivity index (χ1n) is 13.3. The zero-order valence-corrected chi connectivity index (χ0v) is 23.4. The number of carbonyl (C=O) groups excluding carboxylic acids is 1. The molecule has 2 aromatic carbocycles. The normalized spacial score (nSPS) is 17.0. The third-order valence-corrected chi connectivity index (χ3v) is 6.74. The van der Waals surface area contributed by atoms with E-state index >= 15 is 0 Å². The number of nitrogens with zero attached hydrogens (tertiary/aromatic N) is 5. The van der Waals surface area contributed by atoms with Crippen LogP contribution in [0.1, 0.15) is 58.6 Å². The van der Waals surface area contributed by atoms with Gasteiger partial charge in [0.2, 0.25) is 5.88 Å². The molecule has 0 spiro atoms. The van der Waals surface area contributed by atoms with Crippen molar-refractivity contribution in [2.24, 2.45) is 0 Å². The van der Waals surface area contributed by atoms with E-state index in [0.717, 1.165) is 24.2 Å². The summed E-state index contributed by atoms with van der Waals surface area (Å²) in [5.41, 5.74) is 1.58. The molecule has 0 bridgehead atoms. The van der Waals surface area contributed by atoms with Gasteiger partial charge in [-0.3, -0.25) is 0 Å². The molecule has 1 aliphatic rings. The second kappa shape index (κ2) is 11.0. The quantitative estimate of drug-likeness (QED) is 0.306. The van der Waals surface area contributed by atoms with Gasteiger partial charge in [-0.1, -0.05) is 43.3 Å². The number of nitrogens with one attached hydrogen (secondary N) is 1. The highest BCUT2D eigenvalue weighted by molar-refractivity contribution is 5.68. The van der Waals surface area contributed by atoms with Crippen LogP contribution in [0.15, 0.2) is 73.2 Å². The molecule has 10 heteroatoms. The van der Waals surface area contributed by atoms with Gasteiger partial charge in [-0.2, -0.15) is 9.67 Å². The Balaban J connectivity index is 1.15. The van der Waals surface area contributed by atoms with Crippen molar-refractivity contribution in [3.63, 3.8) is 0 Å². The fourth-order valence-corrected chi connectivity index (χ4v) is 4.44. The van der Waals surface area contributed by atoms with Crippen LogP contribution in [0.25, 0.3) is 5.95 Å². The van der Waals surface area contributed by atoms with E-state index < -0.39 is 5.60 Å². The lowest BCUT2D eigenvalue weighted by molar-refractivity contribution is 0.0363. The Bertz CT molecular complexity index is 1420. The lowest BCUT2D eigenvalue weighted by atomic mass is 9.78. The van der Waals surface area contributed by atoms with Crippen LogP contribution >= 0.6 is 0 Å². The molecule has 5 rings (SSSR count). The van der Waals surface area contributed by atoms with Gasteiger partial charge in [-0.05, 0) is 56.2 Å². The number of hydrogen-bond donors (Lipinski definition) is 1. The second-order valence-corrected chi connectivity index (χ2v) is 11.4. The largest absolute Gasteiger partial charge is 0.490 e. The van der Waals surface area contributed by atoms with Crippen molar-refractivity contribution < 1.29 is 19.0 Å². The first-order valence-corrected chi connectivity index (χ1v) is 13.3. The Morgan fingerprint density at radius 2 is 1.55 bits per heavy atom. The maximum Gasteiger partial charge on any atom is 0.407 e. The molecule has 2 aromatic heterocycles. The van der Waals surface area contributed by atoms with Crippen molar-refractivity contribution in [1.82, 2.24) is 30.3 Å². The van der Waals surface area contributed by atoms with Gasteiger partial charge in [0.05, 0.1) is 12.4 Å². The minimum atomic E-state index is -0.503. The van der Waals surface area contributed by atoms with Crippen LogP contribution in [0.2, 0.25) is 0 Å². The molecule has 1 fully saturated rings. The summed E-state index contributed by atoms with van der Waals surface area (Å²) < 4.78 is 18.9.